The highest BCUT2D eigenvalue weighted by Gasteiger charge is 2.34. The number of hydrogen-bond acceptors (Lipinski definition) is 4. The summed E-state index contributed by atoms with van der Waals surface area (Å²) in [6, 6.07) is 0.243. The van der Waals surface area contributed by atoms with E-state index in [1.807, 2.05) is 0 Å². The van der Waals surface area contributed by atoms with Crippen LogP contribution in [0.3, 0.4) is 0 Å². The van der Waals surface area contributed by atoms with Crippen molar-refractivity contribution < 1.29 is 9.53 Å². The number of hydrogen-bond donors (Lipinski definition) is 0. The first kappa shape index (κ1) is 15.4. The van der Waals surface area contributed by atoms with E-state index in [1.165, 1.54) is 7.11 Å². The smallest absolute Gasteiger partial charge is 0.307 e. The first-order chi connectivity index (χ1) is 8.24. The number of carbonyl (C=O) groups is 1. The summed E-state index contributed by atoms with van der Waals surface area (Å²) in [5.41, 5.74) is 0.0815. The van der Waals surface area contributed by atoms with Crippen molar-refractivity contribution in [2.24, 2.45) is 5.92 Å². The largest absolute Gasteiger partial charge is 0.469 e. The number of esters is 1. The van der Waals surface area contributed by atoms with Crippen LogP contribution in [0, 0.1) is 5.92 Å². The van der Waals surface area contributed by atoms with E-state index < -0.39 is 0 Å². The molecule has 18 heavy (non-hydrogen) atoms. The average molecular weight is 256 g/mol. The fourth-order valence-electron chi connectivity index (χ4n) is 2.88. The second-order valence-electron chi connectivity index (χ2n) is 6.58. The molecular formula is C14H28N2O2. The predicted molar refractivity (Wildman–Crippen MR) is 73.5 cm³/mol. The minimum Gasteiger partial charge on any atom is -0.469 e. The fraction of sp³-hybridized carbons (Fsp3) is 0.929. The van der Waals surface area contributed by atoms with Crippen LogP contribution in [-0.4, -0.2) is 61.1 Å². The van der Waals surface area contributed by atoms with Crippen LogP contribution >= 0.6 is 0 Å². The first-order valence-corrected chi connectivity index (χ1v) is 6.76. The molecule has 0 aromatic rings. The summed E-state index contributed by atoms with van der Waals surface area (Å²) in [6.07, 6.45) is 0.477. The van der Waals surface area contributed by atoms with Crippen molar-refractivity contribution in [3.8, 4) is 0 Å². The van der Waals surface area contributed by atoms with Gasteiger partial charge in [0.2, 0.25) is 0 Å². The molecule has 0 saturated carbocycles. The van der Waals surface area contributed by atoms with Gasteiger partial charge in [-0.25, -0.2) is 0 Å². The highest BCUT2D eigenvalue weighted by Crippen LogP contribution is 2.24. The lowest BCUT2D eigenvalue weighted by molar-refractivity contribution is -0.142. The van der Waals surface area contributed by atoms with Crippen LogP contribution < -0.4 is 0 Å². The van der Waals surface area contributed by atoms with Crippen LogP contribution in [0.15, 0.2) is 0 Å². The molecule has 2 unspecified atom stereocenters. The molecule has 1 rings (SSSR count). The zero-order valence-electron chi connectivity index (χ0n) is 12.7. The van der Waals surface area contributed by atoms with E-state index in [9.17, 15) is 4.79 Å². The molecule has 1 aliphatic rings. The molecule has 2 atom stereocenters. The van der Waals surface area contributed by atoms with Gasteiger partial charge in [-0.3, -0.25) is 9.69 Å². The first-order valence-electron chi connectivity index (χ1n) is 6.76. The lowest BCUT2D eigenvalue weighted by Gasteiger charge is -2.41. The number of methoxy groups -OCH3 is 1. The molecule has 0 N–H and O–H groups in total. The number of ether oxygens (including phenoxy) is 1. The minimum absolute atomic E-state index is 0.0815. The molecule has 0 bridgehead atoms. The van der Waals surface area contributed by atoms with Crippen LogP contribution in [0.1, 0.15) is 34.1 Å². The van der Waals surface area contributed by atoms with Crippen LogP contribution in [0.2, 0.25) is 0 Å². The Morgan fingerprint density at radius 2 is 1.89 bits per heavy atom. The third-order valence-electron chi connectivity index (χ3n) is 3.59. The number of likely N-dealkylation sites (N-methyl/N-ethyl adjacent to an activating group) is 1. The van der Waals surface area contributed by atoms with Gasteiger partial charge in [-0.05, 0) is 33.7 Å². The number of rotatable bonds is 2. The van der Waals surface area contributed by atoms with E-state index in [1.54, 1.807) is 0 Å². The van der Waals surface area contributed by atoms with Gasteiger partial charge in [-0.15, -0.1) is 0 Å². The summed E-state index contributed by atoms with van der Waals surface area (Å²) in [5, 5.41) is 0. The van der Waals surface area contributed by atoms with Gasteiger partial charge >= 0.3 is 5.97 Å². The van der Waals surface area contributed by atoms with Gasteiger partial charge in [-0.1, -0.05) is 6.92 Å². The second kappa shape index (κ2) is 6.02. The number of nitrogens with zero attached hydrogens (tertiary/aromatic N) is 2. The maximum absolute atomic E-state index is 11.6. The van der Waals surface area contributed by atoms with E-state index in [4.69, 9.17) is 4.74 Å². The molecule has 0 spiro atoms. The Labute approximate surface area is 111 Å². The van der Waals surface area contributed by atoms with Crippen LogP contribution in [0.25, 0.3) is 0 Å². The van der Waals surface area contributed by atoms with Gasteiger partial charge in [0.25, 0.3) is 0 Å². The average Bonchev–Trinajstić information content (AvgIpc) is 2.36. The standard InChI is InChI=1S/C14H28N2O2/c1-11-8-15(5)10-12(7-13(17)18-6)16(9-11)14(2,3)4/h11-12H,7-10H2,1-6H3. The quantitative estimate of drug-likeness (QED) is 0.703. The van der Waals surface area contributed by atoms with Gasteiger partial charge in [0.05, 0.1) is 13.5 Å². The van der Waals surface area contributed by atoms with E-state index in [2.05, 4.69) is 44.5 Å². The molecule has 0 aliphatic carbocycles. The lowest BCUT2D eigenvalue weighted by Crippen LogP contribution is -2.51. The fourth-order valence-corrected chi connectivity index (χ4v) is 2.88. The normalized spacial score (nSPS) is 27.9. The van der Waals surface area contributed by atoms with Crippen molar-refractivity contribution in [3.63, 3.8) is 0 Å². The van der Waals surface area contributed by atoms with Crippen LogP contribution in [0.4, 0.5) is 0 Å². The van der Waals surface area contributed by atoms with E-state index >= 15 is 0 Å². The molecule has 1 fully saturated rings. The van der Waals surface area contributed by atoms with E-state index in [-0.39, 0.29) is 17.6 Å². The minimum atomic E-state index is -0.114. The SMILES string of the molecule is COC(=O)CC1CN(C)CC(C)CN1C(C)(C)C. The predicted octanol–water partition coefficient (Wildman–Crippen LogP) is 1.60. The van der Waals surface area contributed by atoms with Crippen molar-refractivity contribution in [2.45, 2.75) is 45.7 Å². The highest BCUT2D eigenvalue weighted by molar-refractivity contribution is 5.70. The van der Waals surface area contributed by atoms with Crippen LogP contribution in [-0.2, 0) is 9.53 Å². The van der Waals surface area contributed by atoms with Gasteiger partial charge < -0.3 is 9.64 Å². The zero-order chi connectivity index (χ0) is 13.9. The van der Waals surface area contributed by atoms with Gasteiger partial charge in [0.1, 0.15) is 0 Å². The van der Waals surface area contributed by atoms with E-state index in [0.29, 0.717) is 12.3 Å². The van der Waals surface area contributed by atoms with Crippen molar-refractivity contribution in [2.75, 3.05) is 33.8 Å². The van der Waals surface area contributed by atoms with Crippen LogP contribution in [0.5, 0.6) is 0 Å². The molecular weight excluding hydrogens is 228 g/mol. The Hall–Kier alpha value is -0.610. The Balaban J connectivity index is 2.87. The Kier molecular flexibility index (Phi) is 5.17. The van der Waals surface area contributed by atoms with Crippen molar-refractivity contribution >= 4 is 5.97 Å². The third kappa shape index (κ3) is 4.25. The molecule has 0 radical (unpaired) electrons. The zero-order valence-corrected chi connectivity index (χ0v) is 12.7. The van der Waals surface area contributed by atoms with Crippen molar-refractivity contribution in [1.82, 2.24) is 9.80 Å². The summed E-state index contributed by atoms with van der Waals surface area (Å²) in [4.78, 5) is 16.4. The molecule has 0 aromatic carbocycles. The molecule has 106 valence electrons. The molecule has 4 nitrogen and oxygen atoms in total. The summed E-state index contributed by atoms with van der Waals surface area (Å²) in [6.45, 7) is 12.0. The topological polar surface area (TPSA) is 32.8 Å². The highest BCUT2D eigenvalue weighted by atomic mass is 16.5. The summed E-state index contributed by atoms with van der Waals surface area (Å²) in [5.74, 6) is 0.508. The summed E-state index contributed by atoms with van der Waals surface area (Å²) >= 11 is 0. The summed E-state index contributed by atoms with van der Waals surface area (Å²) < 4.78 is 4.83. The monoisotopic (exact) mass is 256 g/mol. The Morgan fingerprint density at radius 3 is 2.39 bits per heavy atom. The molecule has 0 amide bonds. The van der Waals surface area contributed by atoms with Crippen molar-refractivity contribution in [1.29, 1.82) is 0 Å². The number of carbonyl (C=O) groups excluding carboxylic acids is 1. The molecule has 4 heteroatoms. The van der Waals surface area contributed by atoms with E-state index in [0.717, 1.165) is 19.6 Å². The maximum Gasteiger partial charge on any atom is 0.307 e. The lowest BCUT2D eigenvalue weighted by atomic mass is 9.99. The third-order valence-corrected chi connectivity index (χ3v) is 3.59. The maximum atomic E-state index is 11.6. The molecule has 1 heterocycles. The second-order valence-corrected chi connectivity index (χ2v) is 6.58. The van der Waals surface area contributed by atoms with Crippen molar-refractivity contribution in [3.05, 3.63) is 0 Å². The van der Waals surface area contributed by atoms with Gasteiger partial charge in [-0.2, -0.15) is 0 Å². The Bertz CT molecular complexity index is 286. The Morgan fingerprint density at radius 1 is 1.28 bits per heavy atom. The van der Waals surface area contributed by atoms with Gasteiger partial charge in [0.15, 0.2) is 0 Å². The van der Waals surface area contributed by atoms with Gasteiger partial charge in [0, 0.05) is 31.2 Å². The molecule has 0 aromatic heterocycles. The molecule has 1 saturated heterocycles. The summed E-state index contributed by atoms with van der Waals surface area (Å²) in [7, 11) is 3.60. The molecule has 1 aliphatic heterocycles.